The standard InChI is InChI=1S/C19H28N2O2/c1-4-17-16(15-10-8-14(2)9-11-15)12-13-21(17)19(23)7-5-6-18(22)20-3/h8-11,16-17H,4-7,12-13H2,1-3H3,(H,20,22)/t16-,17+/m1/s1. The monoisotopic (exact) mass is 316 g/mol. The van der Waals surface area contributed by atoms with Crippen molar-refractivity contribution >= 4 is 11.8 Å². The van der Waals surface area contributed by atoms with Gasteiger partial charge in [0.1, 0.15) is 0 Å². The molecule has 0 aliphatic carbocycles. The molecule has 0 radical (unpaired) electrons. The zero-order valence-corrected chi connectivity index (χ0v) is 14.5. The second-order valence-electron chi connectivity index (χ2n) is 6.40. The Morgan fingerprint density at radius 1 is 1.22 bits per heavy atom. The van der Waals surface area contributed by atoms with E-state index in [2.05, 4.69) is 43.4 Å². The Labute approximate surface area is 139 Å². The average molecular weight is 316 g/mol. The van der Waals surface area contributed by atoms with Crippen molar-refractivity contribution in [3.05, 3.63) is 35.4 Å². The van der Waals surface area contributed by atoms with Crippen LogP contribution in [0.1, 0.15) is 56.1 Å². The van der Waals surface area contributed by atoms with Crippen LogP contribution in [0.15, 0.2) is 24.3 Å². The summed E-state index contributed by atoms with van der Waals surface area (Å²) in [5.41, 5.74) is 2.60. The van der Waals surface area contributed by atoms with Crippen LogP contribution < -0.4 is 5.32 Å². The molecule has 0 spiro atoms. The Balaban J connectivity index is 1.97. The van der Waals surface area contributed by atoms with E-state index in [1.807, 2.05) is 4.90 Å². The van der Waals surface area contributed by atoms with E-state index in [1.54, 1.807) is 7.05 Å². The zero-order chi connectivity index (χ0) is 16.8. The summed E-state index contributed by atoms with van der Waals surface area (Å²) < 4.78 is 0. The summed E-state index contributed by atoms with van der Waals surface area (Å²) in [6.45, 7) is 5.08. The van der Waals surface area contributed by atoms with Crippen LogP contribution in [-0.4, -0.2) is 36.3 Å². The topological polar surface area (TPSA) is 49.4 Å². The molecule has 1 heterocycles. The van der Waals surface area contributed by atoms with E-state index in [9.17, 15) is 9.59 Å². The van der Waals surface area contributed by atoms with Gasteiger partial charge in [-0.2, -0.15) is 0 Å². The molecule has 2 amide bonds. The quantitative estimate of drug-likeness (QED) is 0.877. The first-order valence-electron chi connectivity index (χ1n) is 8.63. The van der Waals surface area contributed by atoms with Crippen LogP contribution in [0.3, 0.4) is 0 Å². The fourth-order valence-electron chi connectivity index (χ4n) is 3.54. The predicted octanol–water partition coefficient (Wildman–Crippen LogP) is 3.01. The SMILES string of the molecule is CC[C@H]1[C@@H](c2ccc(C)cc2)CCN1C(=O)CCCC(=O)NC. The van der Waals surface area contributed by atoms with Crippen molar-refractivity contribution in [3.63, 3.8) is 0 Å². The molecule has 0 aromatic heterocycles. The molecule has 1 N–H and O–H groups in total. The highest BCUT2D eigenvalue weighted by molar-refractivity contribution is 5.79. The first-order chi connectivity index (χ1) is 11.1. The third-order valence-electron chi connectivity index (χ3n) is 4.86. The predicted molar refractivity (Wildman–Crippen MR) is 92.2 cm³/mol. The summed E-state index contributed by atoms with van der Waals surface area (Å²) in [5.74, 6) is 0.627. The fraction of sp³-hybridized carbons (Fsp3) is 0.579. The Kier molecular flexibility index (Phi) is 6.20. The number of aryl methyl sites for hydroxylation is 1. The van der Waals surface area contributed by atoms with Gasteiger partial charge in [-0.3, -0.25) is 9.59 Å². The van der Waals surface area contributed by atoms with Gasteiger partial charge in [-0.25, -0.2) is 0 Å². The molecule has 1 aromatic carbocycles. The number of likely N-dealkylation sites (tertiary alicyclic amines) is 1. The lowest BCUT2D eigenvalue weighted by Crippen LogP contribution is -2.37. The van der Waals surface area contributed by atoms with Crippen molar-refractivity contribution in [2.24, 2.45) is 0 Å². The maximum absolute atomic E-state index is 12.5. The molecular weight excluding hydrogens is 288 g/mol. The number of rotatable bonds is 6. The first kappa shape index (κ1) is 17.5. The molecule has 2 atom stereocenters. The molecule has 0 unspecified atom stereocenters. The van der Waals surface area contributed by atoms with Crippen LogP contribution in [0, 0.1) is 6.92 Å². The van der Waals surface area contributed by atoms with Gasteiger partial charge < -0.3 is 10.2 Å². The number of hydrogen-bond donors (Lipinski definition) is 1. The molecule has 126 valence electrons. The number of carbonyl (C=O) groups is 2. The molecule has 1 aromatic rings. The van der Waals surface area contributed by atoms with Gasteiger partial charge in [0, 0.05) is 38.4 Å². The van der Waals surface area contributed by atoms with E-state index >= 15 is 0 Å². The van der Waals surface area contributed by atoms with Crippen LogP contribution in [0.4, 0.5) is 0 Å². The van der Waals surface area contributed by atoms with Gasteiger partial charge in [-0.1, -0.05) is 36.8 Å². The number of benzene rings is 1. The molecule has 1 fully saturated rings. The second kappa shape index (κ2) is 8.14. The van der Waals surface area contributed by atoms with E-state index in [0.29, 0.717) is 25.2 Å². The number of nitrogens with one attached hydrogen (secondary N) is 1. The van der Waals surface area contributed by atoms with E-state index in [0.717, 1.165) is 19.4 Å². The van der Waals surface area contributed by atoms with E-state index < -0.39 is 0 Å². The van der Waals surface area contributed by atoms with Crippen LogP contribution in [0.2, 0.25) is 0 Å². The molecular formula is C19H28N2O2. The summed E-state index contributed by atoms with van der Waals surface area (Å²) in [6, 6.07) is 8.97. The Morgan fingerprint density at radius 2 is 1.91 bits per heavy atom. The van der Waals surface area contributed by atoms with Crippen molar-refractivity contribution in [3.8, 4) is 0 Å². The van der Waals surface area contributed by atoms with E-state index in [-0.39, 0.29) is 17.9 Å². The van der Waals surface area contributed by atoms with Crippen LogP contribution in [-0.2, 0) is 9.59 Å². The smallest absolute Gasteiger partial charge is 0.222 e. The summed E-state index contributed by atoms with van der Waals surface area (Å²) in [4.78, 5) is 25.8. The van der Waals surface area contributed by atoms with Gasteiger partial charge >= 0.3 is 0 Å². The number of carbonyl (C=O) groups excluding carboxylic acids is 2. The highest BCUT2D eigenvalue weighted by Crippen LogP contribution is 2.35. The number of amides is 2. The molecule has 0 bridgehead atoms. The minimum atomic E-state index is 0.00351. The Bertz CT molecular complexity index is 539. The lowest BCUT2D eigenvalue weighted by molar-refractivity contribution is -0.132. The summed E-state index contributed by atoms with van der Waals surface area (Å²) in [5, 5.41) is 2.60. The average Bonchev–Trinajstić information content (AvgIpc) is 2.99. The molecule has 1 saturated heterocycles. The zero-order valence-electron chi connectivity index (χ0n) is 14.5. The van der Waals surface area contributed by atoms with Crippen molar-refractivity contribution in [1.29, 1.82) is 0 Å². The highest BCUT2D eigenvalue weighted by Gasteiger charge is 2.36. The van der Waals surface area contributed by atoms with Crippen molar-refractivity contribution < 1.29 is 9.59 Å². The van der Waals surface area contributed by atoms with Crippen LogP contribution in [0.5, 0.6) is 0 Å². The number of nitrogens with zero attached hydrogens (tertiary/aromatic N) is 1. The third kappa shape index (κ3) is 4.34. The first-order valence-corrected chi connectivity index (χ1v) is 8.63. The van der Waals surface area contributed by atoms with Gasteiger partial charge in [0.05, 0.1) is 0 Å². The Hall–Kier alpha value is -1.84. The van der Waals surface area contributed by atoms with E-state index in [4.69, 9.17) is 0 Å². The van der Waals surface area contributed by atoms with Crippen molar-refractivity contribution in [2.75, 3.05) is 13.6 Å². The molecule has 23 heavy (non-hydrogen) atoms. The van der Waals surface area contributed by atoms with Crippen LogP contribution in [0.25, 0.3) is 0 Å². The van der Waals surface area contributed by atoms with Gasteiger partial charge in [0.2, 0.25) is 11.8 Å². The van der Waals surface area contributed by atoms with E-state index in [1.165, 1.54) is 11.1 Å². The van der Waals surface area contributed by atoms with Crippen molar-refractivity contribution in [1.82, 2.24) is 10.2 Å². The second-order valence-corrected chi connectivity index (χ2v) is 6.40. The summed E-state index contributed by atoms with van der Waals surface area (Å²) in [7, 11) is 1.63. The fourth-order valence-corrected chi connectivity index (χ4v) is 3.54. The summed E-state index contributed by atoms with van der Waals surface area (Å²) in [6.07, 6.45) is 3.52. The van der Waals surface area contributed by atoms with Crippen LogP contribution >= 0.6 is 0 Å². The molecule has 1 aliphatic rings. The normalized spacial score (nSPS) is 20.6. The maximum Gasteiger partial charge on any atom is 0.222 e. The molecule has 4 nitrogen and oxygen atoms in total. The van der Waals surface area contributed by atoms with Gasteiger partial charge in [0.25, 0.3) is 0 Å². The van der Waals surface area contributed by atoms with Gasteiger partial charge in [-0.05, 0) is 31.7 Å². The minimum absolute atomic E-state index is 0.00351. The third-order valence-corrected chi connectivity index (χ3v) is 4.86. The maximum atomic E-state index is 12.5. The largest absolute Gasteiger partial charge is 0.359 e. The lowest BCUT2D eigenvalue weighted by Gasteiger charge is -2.27. The number of hydrogen-bond acceptors (Lipinski definition) is 2. The molecule has 2 rings (SSSR count). The highest BCUT2D eigenvalue weighted by atomic mass is 16.2. The lowest BCUT2D eigenvalue weighted by atomic mass is 9.90. The minimum Gasteiger partial charge on any atom is -0.359 e. The van der Waals surface area contributed by atoms with Gasteiger partial charge in [-0.15, -0.1) is 0 Å². The molecule has 1 aliphatic heterocycles. The summed E-state index contributed by atoms with van der Waals surface area (Å²) >= 11 is 0. The molecule has 0 saturated carbocycles. The Morgan fingerprint density at radius 3 is 2.52 bits per heavy atom. The molecule has 4 heteroatoms. The van der Waals surface area contributed by atoms with Crippen molar-refractivity contribution in [2.45, 2.75) is 57.9 Å². The van der Waals surface area contributed by atoms with Gasteiger partial charge in [0.15, 0.2) is 0 Å².